The third-order valence-electron chi connectivity index (χ3n) is 4.05. The normalized spacial score (nSPS) is 11.6. The number of nitrogens with one attached hydrogen (secondary N) is 1. The minimum Gasteiger partial charge on any atom is -0.395 e. The summed E-state index contributed by atoms with van der Waals surface area (Å²) in [6.45, 7) is 11.3. The molecule has 2 rings (SSSR count). The molecule has 0 heterocycles. The number of aliphatic hydroxyl groups excluding tert-OH is 1. The van der Waals surface area contributed by atoms with E-state index in [9.17, 15) is 0 Å². The van der Waals surface area contributed by atoms with Gasteiger partial charge in [0.25, 0.3) is 0 Å². The van der Waals surface area contributed by atoms with Gasteiger partial charge in [0.05, 0.1) is 6.61 Å². The molecule has 0 saturated carbocycles. The van der Waals surface area contributed by atoms with Crippen LogP contribution in [0.25, 0.3) is 10.8 Å². The molecule has 106 valence electrons. The van der Waals surface area contributed by atoms with Gasteiger partial charge in [0.2, 0.25) is 0 Å². The van der Waals surface area contributed by atoms with Crippen LogP contribution in [-0.2, 0) is 5.41 Å². The second kappa shape index (κ2) is 5.68. The fourth-order valence-electron chi connectivity index (χ4n) is 2.50. The quantitative estimate of drug-likeness (QED) is 0.801. The Balaban J connectivity index is 2.70. The van der Waals surface area contributed by atoms with Crippen LogP contribution in [0.5, 0.6) is 0 Å². The number of aliphatic hydroxyl groups is 1. The molecule has 0 unspecified atom stereocenters. The Hall–Kier alpha value is -1.80. The average Bonchev–Trinajstić information content (AvgIpc) is 2.43. The highest BCUT2D eigenvalue weighted by Gasteiger charge is 2.26. The molecule has 0 spiro atoms. The van der Waals surface area contributed by atoms with Crippen molar-refractivity contribution < 1.29 is 5.11 Å². The SMILES string of the molecule is C=C(C)C(C)(C)c1c(NCCO)ccc2ccccc12. The summed E-state index contributed by atoms with van der Waals surface area (Å²) < 4.78 is 0. The van der Waals surface area contributed by atoms with Crippen LogP contribution in [0, 0.1) is 0 Å². The number of hydrogen-bond acceptors (Lipinski definition) is 2. The highest BCUT2D eigenvalue weighted by Crippen LogP contribution is 2.40. The average molecular weight is 269 g/mol. The summed E-state index contributed by atoms with van der Waals surface area (Å²) in [5, 5.41) is 14.9. The number of rotatable bonds is 5. The Labute approximate surface area is 121 Å². The molecule has 20 heavy (non-hydrogen) atoms. The molecule has 2 N–H and O–H groups in total. The molecular weight excluding hydrogens is 246 g/mol. The van der Waals surface area contributed by atoms with E-state index in [4.69, 9.17) is 5.11 Å². The Morgan fingerprint density at radius 3 is 2.55 bits per heavy atom. The van der Waals surface area contributed by atoms with Crippen LogP contribution >= 0.6 is 0 Å². The van der Waals surface area contributed by atoms with E-state index in [1.54, 1.807) is 0 Å². The number of fused-ring (bicyclic) bond motifs is 1. The highest BCUT2D eigenvalue weighted by molar-refractivity contribution is 5.91. The second-order valence-electron chi connectivity index (χ2n) is 5.76. The van der Waals surface area contributed by atoms with Crippen molar-refractivity contribution in [2.45, 2.75) is 26.2 Å². The van der Waals surface area contributed by atoms with Crippen molar-refractivity contribution in [1.82, 2.24) is 0 Å². The van der Waals surface area contributed by atoms with E-state index in [2.05, 4.69) is 69.1 Å². The van der Waals surface area contributed by atoms with Gasteiger partial charge in [-0.2, -0.15) is 0 Å². The summed E-state index contributed by atoms with van der Waals surface area (Å²) in [6.07, 6.45) is 0. The lowest BCUT2D eigenvalue weighted by Crippen LogP contribution is -2.21. The highest BCUT2D eigenvalue weighted by atomic mass is 16.3. The molecule has 2 aromatic carbocycles. The summed E-state index contributed by atoms with van der Waals surface area (Å²) in [4.78, 5) is 0. The van der Waals surface area contributed by atoms with Gasteiger partial charge >= 0.3 is 0 Å². The lowest BCUT2D eigenvalue weighted by atomic mass is 9.76. The first kappa shape index (κ1) is 14.6. The number of allylic oxidation sites excluding steroid dienone is 1. The minimum atomic E-state index is -0.126. The maximum absolute atomic E-state index is 9.06. The van der Waals surface area contributed by atoms with Crippen molar-refractivity contribution in [3.8, 4) is 0 Å². The van der Waals surface area contributed by atoms with Gasteiger partial charge in [0, 0.05) is 17.6 Å². The number of benzene rings is 2. The fourth-order valence-corrected chi connectivity index (χ4v) is 2.50. The van der Waals surface area contributed by atoms with Gasteiger partial charge in [-0.05, 0) is 29.3 Å². The molecule has 0 aromatic heterocycles. The first-order valence-electron chi connectivity index (χ1n) is 7.01. The van der Waals surface area contributed by atoms with E-state index in [1.165, 1.54) is 16.3 Å². The molecule has 2 nitrogen and oxygen atoms in total. The van der Waals surface area contributed by atoms with Gasteiger partial charge in [-0.3, -0.25) is 0 Å². The van der Waals surface area contributed by atoms with Crippen LogP contribution in [0.3, 0.4) is 0 Å². The van der Waals surface area contributed by atoms with E-state index in [1.807, 2.05) is 0 Å². The Morgan fingerprint density at radius 1 is 1.20 bits per heavy atom. The zero-order chi connectivity index (χ0) is 14.8. The monoisotopic (exact) mass is 269 g/mol. The van der Waals surface area contributed by atoms with Crippen molar-refractivity contribution >= 4 is 16.5 Å². The number of hydrogen-bond donors (Lipinski definition) is 2. The fraction of sp³-hybridized carbons (Fsp3) is 0.333. The predicted molar refractivity (Wildman–Crippen MR) is 87.4 cm³/mol. The summed E-state index contributed by atoms with van der Waals surface area (Å²) in [7, 11) is 0. The van der Waals surface area contributed by atoms with Crippen molar-refractivity contribution in [3.63, 3.8) is 0 Å². The predicted octanol–water partition coefficient (Wildman–Crippen LogP) is 4.10. The van der Waals surface area contributed by atoms with Gasteiger partial charge < -0.3 is 10.4 Å². The van der Waals surface area contributed by atoms with Gasteiger partial charge in [-0.25, -0.2) is 0 Å². The van der Waals surface area contributed by atoms with Crippen molar-refractivity contribution in [1.29, 1.82) is 0 Å². The van der Waals surface area contributed by atoms with E-state index >= 15 is 0 Å². The standard InChI is InChI=1S/C18H23NO/c1-13(2)18(3,4)17-15-8-6-5-7-14(15)9-10-16(17)19-11-12-20/h5-10,19-20H,1,11-12H2,2-4H3. The van der Waals surface area contributed by atoms with Gasteiger partial charge in [-0.15, -0.1) is 0 Å². The molecular formula is C18H23NO. The molecule has 2 heteroatoms. The molecule has 0 amide bonds. The van der Waals surface area contributed by atoms with Crippen LogP contribution in [0.15, 0.2) is 48.6 Å². The van der Waals surface area contributed by atoms with Crippen LogP contribution in [0.2, 0.25) is 0 Å². The lowest BCUT2D eigenvalue weighted by molar-refractivity contribution is 0.311. The van der Waals surface area contributed by atoms with Crippen LogP contribution in [0.4, 0.5) is 5.69 Å². The Kier molecular flexibility index (Phi) is 4.15. The Morgan fingerprint density at radius 2 is 1.90 bits per heavy atom. The van der Waals surface area contributed by atoms with E-state index in [0.717, 1.165) is 11.3 Å². The number of anilines is 1. The van der Waals surface area contributed by atoms with Gasteiger partial charge in [0.1, 0.15) is 0 Å². The van der Waals surface area contributed by atoms with E-state index in [-0.39, 0.29) is 12.0 Å². The Bertz CT molecular complexity index is 628. The maximum Gasteiger partial charge on any atom is 0.0604 e. The lowest BCUT2D eigenvalue weighted by Gasteiger charge is -2.30. The molecule has 0 aliphatic heterocycles. The van der Waals surface area contributed by atoms with Crippen LogP contribution < -0.4 is 5.32 Å². The van der Waals surface area contributed by atoms with Gasteiger partial charge in [-0.1, -0.05) is 56.3 Å². The minimum absolute atomic E-state index is 0.125. The first-order valence-corrected chi connectivity index (χ1v) is 7.01. The summed E-state index contributed by atoms with van der Waals surface area (Å²) in [5.41, 5.74) is 3.32. The van der Waals surface area contributed by atoms with Crippen molar-refractivity contribution in [2.75, 3.05) is 18.5 Å². The summed E-state index contributed by atoms with van der Waals surface area (Å²) in [6, 6.07) is 12.6. The third kappa shape index (κ3) is 2.56. The molecule has 0 aliphatic carbocycles. The molecule has 0 aliphatic rings. The first-order chi connectivity index (χ1) is 9.48. The molecule has 0 atom stereocenters. The topological polar surface area (TPSA) is 32.3 Å². The van der Waals surface area contributed by atoms with Crippen molar-refractivity contribution in [2.24, 2.45) is 0 Å². The zero-order valence-corrected chi connectivity index (χ0v) is 12.5. The summed E-state index contributed by atoms with van der Waals surface area (Å²) in [5.74, 6) is 0. The molecule has 0 fully saturated rings. The van der Waals surface area contributed by atoms with E-state index in [0.29, 0.717) is 6.54 Å². The maximum atomic E-state index is 9.06. The molecule has 0 bridgehead atoms. The second-order valence-corrected chi connectivity index (χ2v) is 5.76. The smallest absolute Gasteiger partial charge is 0.0604 e. The van der Waals surface area contributed by atoms with Gasteiger partial charge in [0.15, 0.2) is 0 Å². The van der Waals surface area contributed by atoms with Crippen LogP contribution in [-0.4, -0.2) is 18.3 Å². The third-order valence-corrected chi connectivity index (χ3v) is 4.05. The van der Waals surface area contributed by atoms with Crippen LogP contribution in [0.1, 0.15) is 26.3 Å². The molecule has 0 radical (unpaired) electrons. The van der Waals surface area contributed by atoms with E-state index < -0.39 is 0 Å². The molecule has 2 aromatic rings. The zero-order valence-electron chi connectivity index (χ0n) is 12.5. The summed E-state index contributed by atoms with van der Waals surface area (Å²) >= 11 is 0. The largest absolute Gasteiger partial charge is 0.395 e. The van der Waals surface area contributed by atoms with Crippen molar-refractivity contribution in [3.05, 3.63) is 54.1 Å². The molecule has 0 saturated heterocycles.